The van der Waals surface area contributed by atoms with Crippen molar-refractivity contribution in [3.63, 3.8) is 0 Å². The number of carbonyl (C=O) groups is 1. The van der Waals surface area contributed by atoms with Crippen LogP contribution in [-0.4, -0.2) is 10.8 Å². The van der Waals surface area contributed by atoms with Gasteiger partial charge in [0, 0.05) is 6.42 Å². The van der Waals surface area contributed by atoms with Gasteiger partial charge in [-0.25, -0.2) is 4.39 Å². The number of pyridine rings is 1. The van der Waals surface area contributed by atoms with Crippen LogP contribution in [0.4, 0.5) is 4.39 Å². The smallest absolute Gasteiger partial charge is 0.185 e. The van der Waals surface area contributed by atoms with Crippen molar-refractivity contribution in [1.29, 1.82) is 0 Å². The lowest BCUT2D eigenvalue weighted by atomic mass is 10.0. The third-order valence-corrected chi connectivity index (χ3v) is 2.63. The molecule has 1 heterocycles. The van der Waals surface area contributed by atoms with Crippen LogP contribution >= 0.6 is 0 Å². The Morgan fingerprint density at radius 2 is 2.00 bits per heavy atom. The van der Waals surface area contributed by atoms with E-state index in [4.69, 9.17) is 0 Å². The second-order valence-corrected chi connectivity index (χ2v) is 3.89. The third-order valence-electron chi connectivity index (χ3n) is 2.63. The second-order valence-electron chi connectivity index (χ2n) is 3.89. The topological polar surface area (TPSA) is 30.0 Å². The SMILES string of the molecule is Cc1ccccc1CC(=O)c1ccc(F)cn1. The Morgan fingerprint density at radius 3 is 2.65 bits per heavy atom. The highest BCUT2D eigenvalue weighted by molar-refractivity contribution is 5.95. The molecule has 1 aromatic heterocycles. The molecule has 0 radical (unpaired) electrons. The van der Waals surface area contributed by atoms with Crippen LogP contribution in [0.1, 0.15) is 21.6 Å². The number of benzene rings is 1. The summed E-state index contributed by atoms with van der Waals surface area (Å²) in [4.78, 5) is 15.7. The van der Waals surface area contributed by atoms with Gasteiger partial charge >= 0.3 is 0 Å². The van der Waals surface area contributed by atoms with Crippen LogP contribution in [0.5, 0.6) is 0 Å². The largest absolute Gasteiger partial charge is 0.292 e. The molecule has 2 rings (SSSR count). The molecule has 0 aliphatic rings. The Bertz CT molecular complexity index is 534. The number of carbonyl (C=O) groups excluding carboxylic acids is 1. The number of hydrogen-bond donors (Lipinski definition) is 0. The highest BCUT2D eigenvalue weighted by Gasteiger charge is 2.09. The average molecular weight is 229 g/mol. The van der Waals surface area contributed by atoms with E-state index in [1.807, 2.05) is 31.2 Å². The van der Waals surface area contributed by atoms with Gasteiger partial charge < -0.3 is 0 Å². The summed E-state index contributed by atoms with van der Waals surface area (Å²) in [5.74, 6) is -0.531. The number of halogens is 1. The standard InChI is InChI=1S/C14H12FNO/c1-10-4-2-3-5-11(10)8-14(17)13-7-6-12(15)9-16-13/h2-7,9H,8H2,1H3. The Hall–Kier alpha value is -2.03. The molecule has 0 unspecified atom stereocenters. The van der Waals surface area contributed by atoms with E-state index in [2.05, 4.69) is 4.98 Å². The summed E-state index contributed by atoms with van der Waals surface area (Å²) in [7, 11) is 0. The van der Waals surface area contributed by atoms with E-state index in [1.54, 1.807) is 0 Å². The van der Waals surface area contributed by atoms with Crippen molar-refractivity contribution in [3.05, 3.63) is 65.2 Å². The number of aromatic nitrogens is 1. The first-order valence-corrected chi connectivity index (χ1v) is 5.36. The van der Waals surface area contributed by atoms with Crippen LogP contribution in [0, 0.1) is 12.7 Å². The molecule has 0 saturated heterocycles. The number of nitrogens with zero attached hydrogens (tertiary/aromatic N) is 1. The van der Waals surface area contributed by atoms with Gasteiger partial charge in [-0.05, 0) is 30.2 Å². The van der Waals surface area contributed by atoms with Gasteiger partial charge in [0.05, 0.1) is 6.20 Å². The fraction of sp³-hybridized carbons (Fsp3) is 0.143. The van der Waals surface area contributed by atoms with E-state index in [-0.39, 0.29) is 5.78 Å². The molecule has 2 aromatic rings. The molecule has 2 nitrogen and oxygen atoms in total. The molecule has 0 amide bonds. The summed E-state index contributed by atoms with van der Waals surface area (Å²) in [5.41, 5.74) is 2.35. The molecule has 0 aliphatic heterocycles. The molecule has 0 N–H and O–H groups in total. The predicted octanol–water partition coefficient (Wildman–Crippen LogP) is 2.95. The van der Waals surface area contributed by atoms with Gasteiger partial charge in [-0.2, -0.15) is 0 Å². The van der Waals surface area contributed by atoms with Crippen molar-refractivity contribution in [2.24, 2.45) is 0 Å². The summed E-state index contributed by atoms with van der Waals surface area (Å²) in [5, 5.41) is 0. The zero-order chi connectivity index (χ0) is 12.3. The van der Waals surface area contributed by atoms with Gasteiger partial charge in [0.1, 0.15) is 11.5 Å². The first-order chi connectivity index (χ1) is 8.16. The van der Waals surface area contributed by atoms with E-state index >= 15 is 0 Å². The number of rotatable bonds is 3. The fourth-order valence-electron chi connectivity index (χ4n) is 1.61. The number of aryl methyl sites for hydroxylation is 1. The zero-order valence-electron chi connectivity index (χ0n) is 9.48. The maximum Gasteiger partial charge on any atom is 0.185 e. The van der Waals surface area contributed by atoms with Crippen molar-refractivity contribution in [3.8, 4) is 0 Å². The molecule has 0 spiro atoms. The summed E-state index contributed by atoms with van der Waals surface area (Å²) >= 11 is 0. The molecular formula is C14H12FNO. The molecule has 0 fully saturated rings. The van der Waals surface area contributed by atoms with Crippen molar-refractivity contribution >= 4 is 5.78 Å². The molecular weight excluding hydrogens is 217 g/mol. The Balaban J connectivity index is 2.17. The van der Waals surface area contributed by atoms with E-state index in [9.17, 15) is 9.18 Å². The van der Waals surface area contributed by atoms with Gasteiger partial charge in [0.25, 0.3) is 0 Å². The van der Waals surface area contributed by atoms with E-state index in [0.717, 1.165) is 17.3 Å². The van der Waals surface area contributed by atoms with Crippen molar-refractivity contribution in [2.75, 3.05) is 0 Å². The Labute approximate surface area is 99.1 Å². The number of ketones is 1. The van der Waals surface area contributed by atoms with E-state index in [1.165, 1.54) is 12.1 Å². The second kappa shape index (κ2) is 4.87. The van der Waals surface area contributed by atoms with Crippen LogP contribution in [0.3, 0.4) is 0 Å². The van der Waals surface area contributed by atoms with Gasteiger partial charge in [0.15, 0.2) is 5.78 Å². The molecule has 0 saturated carbocycles. The Kier molecular flexibility index (Phi) is 3.28. The minimum atomic E-state index is -0.433. The van der Waals surface area contributed by atoms with Gasteiger partial charge in [-0.3, -0.25) is 9.78 Å². The lowest BCUT2D eigenvalue weighted by Gasteiger charge is -2.04. The van der Waals surface area contributed by atoms with Crippen molar-refractivity contribution < 1.29 is 9.18 Å². The van der Waals surface area contributed by atoms with Crippen LogP contribution in [-0.2, 0) is 6.42 Å². The van der Waals surface area contributed by atoms with Gasteiger partial charge in [-0.15, -0.1) is 0 Å². The quantitative estimate of drug-likeness (QED) is 0.757. The van der Waals surface area contributed by atoms with Crippen molar-refractivity contribution in [2.45, 2.75) is 13.3 Å². The summed E-state index contributed by atoms with van der Waals surface area (Å²) in [6, 6.07) is 10.4. The molecule has 17 heavy (non-hydrogen) atoms. The fourth-order valence-corrected chi connectivity index (χ4v) is 1.61. The van der Waals surface area contributed by atoms with Crippen LogP contribution in [0.25, 0.3) is 0 Å². The van der Waals surface area contributed by atoms with E-state index < -0.39 is 5.82 Å². The monoisotopic (exact) mass is 229 g/mol. The first kappa shape index (κ1) is 11.5. The maximum atomic E-state index is 12.7. The van der Waals surface area contributed by atoms with Crippen LogP contribution < -0.4 is 0 Å². The summed E-state index contributed by atoms with van der Waals surface area (Å²) in [6.45, 7) is 1.96. The van der Waals surface area contributed by atoms with Crippen molar-refractivity contribution in [1.82, 2.24) is 4.98 Å². The van der Waals surface area contributed by atoms with Gasteiger partial charge in [0.2, 0.25) is 0 Å². The molecule has 1 aromatic carbocycles. The predicted molar refractivity (Wildman–Crippen MR) is 63.4 cm³/mol. The third kappa shape index (κ3) is 2.75. The number of hydrogen-bond acceptors (Lipinski definition) is 2. The summed E-state index contributed by atoms with van der Waals surface area (Å²) < 4.78 is 12.7. The molecule has 0 atom stereocenters. The zero-order valence-corrected chi connectivity index (χ0v) is 9.48. The normalized spacial score (nSPS) is 10.2. The first-order valence-electron chi connectivity index (χ1n) is 5.36. The van der Waals surface area contributed by atoms with Crippen LogP contribution in [0.2, 0.25) is 0 Å². The lowest BCUT2D eigenvalue weighted by molar-refractivity contribution is 0.0988. The summed E-state index contributed by atoms with van der Waals surface area (Å²) in [6.07, 6.45) is 1.36. The Morgan fingerprint density at radius 1 is 1.24 bits per heavy atom. The maximum absolute atomic E-state index is 12.7. The van der Waals surface area contributed by atoms with Crippen LogP contribution in [0.15, 0.2) is 42.6 Å². The average Bonchev–Trinajstić information content (AvgIpc) is 2.33. The number of Topliss-reactive ketones (excluding diaryl/α,β-unsaturated/α-hetero) is 1. The minimum absolute atomic E-state index is 0.0979. The molecule has 86 valence electrons. The minimum Gasteiger partial charge on any atom is -0.292 e. The molecule has 3 heteroatoms. The molecule has 0 bridgehead atoms. The lowest BCUT2D eigenvalue weighted by Crippen LogP contribution is -2.07. The highest BCUT2D eigenvalue weighted by Crippen LogP contribution is 2.10. The van der Waals surface area contributed by atoms with Gasteiger partial charge in [-0.1, -0.05) is 24.3 Å². The van der Waals surface area contributed by atoms with E-state index in [0.29, 0.717) is 12.1 Å². The highest BCUT2D eigenvalue weighted by atomic mass is 19.1. The molecule has 0 aliphatic carbocycles.